The molecular weight excluding hydrogens is 395 g/mol. The fourth-order valence-electron chi connectivity index (χ4n) is 3.29. The fourth-order valence-corrected chi connectivity index (χ4v) is 3.41. The summed E-state index contributed by atoms with van der Waals surface area (Å²) in [7, 11) is 0. The molecule has 1 aliphatic heterocycles. The lowest BCUT2D eigenvalue weighted by Crippen LogP contribution is -2.21. The van der Waals surface area contributed by atoms with Gasteiger partial charge in [0.25, 0.3) is 5.89 Å². The standard InChI is InChI=1S/C21H16ClFN4O2/c1-12-2-4-13(5-3-12)19-10-27-15(11-28-19)9-18(25-27)21-24-20(26-29-21)14-6-7-16(22)17(23)8-14/h2-9,19H,10-11H2,1H3/t19-/m0/s1. The van der Waals surface area contributed by atoms with Gasteiger partial charge in [-0.25, -0.2) is 4.39 Å². The maximum absolute atomic E-state index is 13.7. The molecule has 146 valence electrons. The van der Waals surface area contributed by atoms with Crippen molar-refractivity contribution in [1.29, 1.82) is 0 Å². The quantitative estimate of drug-likeness (QED) is 0.477. The summed E-state index contributed by atoms with van der Waals surface area (Å²) in [6.07, 6.45) is -0.0638. The summed E-state index contributed by atoms with van der Waals surface area (Å²) in [4.78, 5) is 4.35. The van der Waals surface area contributed by atoms with Crippen molar-refractivity contribution in [3.05, 3.63) is 76.2 Å². The van der Waals surface area contributed by atoms with Crippen LogP contribution in [0.3, 0.4) is 0 Å². The first-order chi connectivity index (χ1) is 14.1. The topological polar surface area (TPSA) is 66.0 Å². The predicted octanol–water partition coefficient (Wildman–Crippen LogP) is 4.97. The van der Waals surface area contributed by atoms with E-state index in [0.29, 0.717) is 24.4 Å². The van der Waals surface area contributed by atoms with Crippen LogP contribution in [0.5, 0.6) is 0 Å². The lowest BCUT2D eigenvalue weighted by atomic mass is 10.1. The van der Waals surface area contributed by atoms with Crippen LogP contribution >= 0.6 is 11.6 Å². The number of fused-ring (bicyclic) bond motifs is 1. The molecule has 0 bridgehead atoms. The van der Waals surface area contributed by atoms with Crippen molar-refractivity contribution >= 4 is 11.6 Å². The molecule has 6 nitrogen and oxygen atoms in total. The van der Waals surface area contributed by atoms with Crippen LogP contribution in [0.1, 0.15) is 22.9 Å². The Morgan fingerprint density at radius 2 is 1.97 bits per heavy atom. The van der Waals surface area contributed by atoms with E-state index >= 15 is 0 Å². The highest BCUT2D eigenvalue weighted by Crippen LogP contribution is 2.30. The van der Waals surface area contributed by atoms with E-state index in [0.717, 1.165) is 11.3 Å². The van der Waals surface area contributed by atoms with Gasteiger partial charge in [0, 0.05) is 5.56 Å². The first-order valence-corrected chi connectivity index (χ1v) is 9.49. The highest BCUT2D eigenvalue weighted by molar-refractivity contribution is 6.30. The van der Waals surface area contributed by atoms with Gasteiger partial charge in [-0.1, -0.05) is 46.6 Å². The number of nitrogens with zero attached hydrogens (tertiary/aromatic N) is 4. The third kappa shape index (κ3) is 3.43. The average molecular weight is 411 g/mol. The average Bonchev–Trinajstić information content (AvgIpc) is 3.37. The van der Waals surface area contributed by atoms with E-state index in [4.69, 9.17) is 20.9 Å². The summed E-state index contributed by atoms with van der Waals surface area (Å²) in [6.45, 7) is 3.09. The largest absolute Gasteiger partial charge is 0.365 e. The molecular formula is C21H16ClFN4O2. The molecule has 2 aromatic carbocycles. The Kier molecular flexibility index (Phi) is 4.41. The number of aromatic nitrogens is 4. The number of hydrogen-bond donors (Lipinski definition) is 0. The van der Waals surface area contributed by atoms with Gasteiger partial charge in [0.2, 0.25) is 5.82 Å². The Balaban J connectivity index is 1.40. The number of hydrogen-bond acceptors (Lipinski definition) is 5. The van der Waals surface area contributed by atoms with Crippen molar-refractivity contribution in [3.8, 4) is 23.0 Å². The third-order valence-corrected chi connectivity index (χ3v) is 5.21. The summed E-state index contributed by atoms with van der Waals surface area (Å²) in [5.41, 5.74) is 4.29. The smallest absolute Gasteiger partial charge is 0.278 e. The Labute approximate surface area is 170 Å². The zero-order chi connectivity index (χ0) is 20.0. The highest BCUT2D eigenvalue weighted by atomic mass is 35.5. The molecule has 1 aliphatic rings. The molecule has 4 aromatic rings. The number of halogens is 2. The lowest BCUT2D eigenvalue weighted by Gasteiger charge is -2.24. The van der Waals surface area contributed by atoms with Crippen LogP contribution in [0, 0.1) is 12.7 Å². The maximum Gasteiger partial charge on any atom is 0.278 e. The Bertz CT molecular complexity index is 1190. The van der Waals surface area contributed by atoms with Gasteiger partial charge < -0.3 is 9.26 Å². The molecule has 1 atom stereocenters. The SMILES string of the molecule is Cc1ccc([C@@H]2Cn3nc(-c4nc(-c5ccc(Cl)c(F)c5)no4)cc3CO2)cc1. The van der Waals surface area contributed by atoms with E-state index < -0.39 is 5.82 Å². The van der Waals surface area contributed by atoms with E-state index in [1.807, 2.05) is 10.7 Å². The summed E-state index contributed by atoms with van der Waals surface area (Å²) in [5.74, 6) is 0.00623. The molecule has 0 amide bonds. The minimum atomic E-state index is -0.535. The van der Waals surface area contributed by atoms with Crippen molar-refractivity contribution in [1.82, 2.24) is 19.9 Å². The zero-order valence-electron chi connectivity index (χ0n) is 15.5. The lowest BCUT2D eigenvalue weighted by molar-refractivity contribution is -0.00113. The zero-order valence-corrected chi connectivity index (χ0v) is 16.2. The summed E-state index contributed by atoms with van der Waals surface area (Å²) in [5, 5.41) is 8.58. The molecule has 0 saturated carbocycles. The van der Waals surface area contributed by atoms with Crippen molar-refractivity contribution in [3.63, 3.8) is 0 Å². The maximum atomic E-state index is 13.7. The van der Waals surface area contributed by atoms with Crippen LogP contribution in [0.25, 0.3) is 23.0 Å². The Morgan fingerprint density at radius 3 is 2.76 bits per heavy atom. The highest BCUT2D eigenvalue weighted by Gasteiger charge is 2.24. The predicted molar refractivity (Wildman–Crippen MR) is 105 cm³/mol. The summed E-state index contributed by atoms with van der Waals surface area (Å²) < 4.78 is 26.9. The van der Waals surface area contributed by atoms with Crippen LogP contribution in [0.4, 0.5) is 4.39 Å². The molecule has 2 aromatic heterocycles. The molecule has 0 aliphatic carbocycles. The Hall–Kier alpha value is -3.03. The summed E-state index contributed by atoms with van der Waals surface area (Å²) >= 11 is 5.73. The van der Waals surface area contributed by atoms with Gasteiger partial charge in [0.05, 0.1) is 23.9 Å². The van der Waals surface area contributed by atoms with E-state index in [2.05, 4.69) is 46.4 Å². The van der Waals surface area contributed by atoms with Gasteiger partial charge >= 0.3 is 0 Å². The van der Waals surface area contributed by atoms with E-state index in [9.17, 15) is 4.39 Å². The molecule has 0 radical (unpaired) electrons. The molecule has 0 spiro atoms. The molecule has 5 rings (SSSR count). The Morgan fingerprint density at radius 1 is 1.14 bits per heavy atom. The van der Waals surface area contributed by atoms with Gasteiger partial charge in [0.1, 0.15) is 11.9 Å². The molecule has 8 heteroatoms. The van der Waals surface area contributed by atoms with Crippen molar-refractivity contribution < 1.29 is 13.7 Å². The number of benzene rings is 2. The third-order valence-electron chi connectivity index (χ3n) is 4.91. The van der Waals surface area contributed by atoms with Gasteiger partial charge in [-0.2, -0.15) is 10.1 Å². The van der Waals surface area contributed by atoms with Gasteiger partial charge in [0.15, 0.2) is 5.69 Å². The molecule has 3 heterocycles. The van der Waals surface area contributed by atoms with Crippen molar-refractivity contribution in [2.45, 2.75) is 26.2 Å². The monoisotopic (exact) mass is 410 g/mol. The second-order valence-corrected chi connectivity index (χ2v) is 7.37. The number of rotatable bonds is 3. The van der Waals surface area contributed by atoms with Crippen LogP contribution in [0.2, 0.25) is 5.02 Å². The number of ether oxygens (including phenoxy) is 1. The van der Waals surface area contributed by atoms with Gasteiger partial charge in [-0.05, 0) is 36.8 Å². The van der Waals surface area contributed by atoms with Crippen LogP contribution in [-0.2, 0) is 17.9 Å². The van der Waals surface area contributed by atoms with Crippen molar-refractivity contribution in [2.24, 2.45) is 0 Å². The first kappa shape index (κ1) is 18.0. The van der Waals surface area contributed by atoms with Crippen LogP contribution in [-0.4, -0.2) is 19.9 Å². The number of aryl methyl sites for hydroxylation is 1. The van der Waals surface area contributed by atoms with Gasteiger partial charge in [-0.3, -0.25) is 4.68 Å². The fraction of sp³-hybridized carbons (Fsp3) is 0.190. The van der Waals surface area contributed by atoms with Gasteiger partial charge in [-0.15, -0.1) is 0 Å². The summed E-state index contributed by atoms with van der Waals surface area (Å²) in [6, 6.07) is 14.5. The molecule has 0 saturated heterocycles. The van der Waals surface area contributed by atoms with Crippen molar-refractivity contribution in [2.75, 3.05) is 0 Å². The minimum absolute atomic E-state index is 0.0439. The first-order valence-electron chi connectivity index (χ1n) is 9.11. The van der Waals surface area contributed by atoms with E-state index in [1.54, 1.807) is 6.07 Å². The molecule has 29 heavy (non-hydrogen) atoms. The normalized spacial score (nSPS) is 16.0. The second-order valence-electron chi connectivity index (χ2n) is 6.97. The molecule has 0 N–H and O–H groups in total. The second kappa shape index (κ2) is 7.09. The molecule has 0 fully saturated rings. The minimum Gasteiger partial charge on any atom is -0.365 e. The van der Waals surface area contributed by atoms with E-state index in [1.165, 1.54) is 17.7 Å². The van der Waals surface area contributed by atoms with E-state index in [-0.39, 0.29) is 22.8 Å². The van der Waals surface area contributed by atoms with Crippen LogP contribution < -0.4 is 0 Å². The molecule has 0 unspecified atom stereocenters. The van der Waals surface area contributed by atoms with Crippen LogP contribution in [0.15, 0.2) is 53.1 Å².